The first-order chi connectivity index (χ1) is 11.1. The monoisotopic (exact) mass is 329 g/mol. The van der Waals surface area contributed by atoms with Crippen LogP contribution in [0, 0.1) is 0 Å². The lowest BCUT2D eigenvalue weighted by molar-refractivity contribution is 0.0985. The molecule has 0 saturated carbocycles. The number of ketones is 1. The van der Waals surface area contributed by atoms with Crippen molar-refractivity contribution in [3.05, 3.63) is 71.8 Å². The molecule has 0 aliphatic carbocycles. The molecule has 120 valence electrons. The summed E-state index contributed by atoms with van der Waals surface area (Å²) in [7, 11) is -3.72. The van der Waals surface area contributed by atoms with Crippen molar-refractivity contribution >= 4 is 15.8 Å². The lowest BCUT2D eigenvalue weighted by Crippen LogP contribution is -2.36. The first-order valence-electron chi connectivity index (χ1n) is 7.74. The summed E-state index contributed by atoms with van der Waals surface area (Å²) in [6.07, 6.45) is 1.69. The molecule has 1 saturated heterocycles. The summed E-state index contributed by atoms with van der Waals surface area (Å²) < 4.78 is 27.6. The van der Waals surface area contributed by atoms with Crippen LogP contribution in [0.1, 0.15) is 34.0 Å². The highest BCUT2D eigenvalue weighted by Crippen LogP contribution is 2.31. The normalized spacial score (nSPS) is 17.0. The Morgan fingerprint density at radius 1 is 0.870 bits per heavy atom. The zero-order chi connectivity index (χ0) is 16.3. The van der Waals surface area contributed by atoms with Gasteiger partial charge in [0.25, 0.3) is 0 Å². The van der Waals surface area contributed by atoms with Crippen molar-refractivity contribution in [1.82, 2.24) is 4.31 Å². The van der Waals surface area contributed by atoms with E-state index in [1.165, 1.54) is 4.31 Å². The Labute approximate surface area is 136 Å². The summed E-state index contributed by atoms with van der Waals surface area (Å²) in [6, 6.07) is 17.4. The highest BCUT2D eigenvalue weighted by Gasteiger charge is 2.39. The third-order valence-electron chi connectivity index (χ3n) is 4.12. The molecule has 0 radical (unpaired) electrons. The number of benzene rings is 2. The van der Waals surface area contributed by atoms with Crippen LogP contribution in [0.15, 0.2) is 60.7 Å². The molecule has 0 N–H and O–H groups in total. The van der Waals surface area contributed by atoms with Gasteiger partial charge in [-0.3, -0.25) is 4.79 Å². The predicted octanol–water partition coefficient (Wildman–Crippen LogP) is 3.04. The fourth-order valence-corrected chi connectivity index (χ4v) is 4.90. The zero-order valence-corrected chi connectivity index (χ0v) is 13.6. The van der Waals surface area contributed by atoms with Crippen LogP contribution in [0.2, 0.25) is 0 Å². The summed E-state index contributed by atoms with van der Waals surface area (Å²) in [4.78, 5) is 12.9. The number of sulfonamides is 1. The molecule has 0 unspecified atom stereocenters. The van der Waals surface area contributed by atoms with Crippen LogP contribution >= 0.6 is 0 Å². The second-order valence-corrected chi connectivity index (χ2v) is 7.69. The maximum atomic E-state index is 13.1. The number of hydrogen-bond acceptors (Lipinski definition) is 3. The molecule has 0 amide bonds. The van der Waals surface area contributed by atoms with Crippen molar-refractivity contribution in [2.24, 2.45) is 0 Å². The zero-order valence-electron chi connectivity index (χ0n) is 12.8. The van der Waals surface area contributed by atoms with Gasteiger partial charge in [-0.1, -0.05) is 60.7 Å². The summed E-state index contributed by atoms with van der Waals surface area (Å²) in [5.74, 6) is -0.372. The number of nitrogens with zero attached hydrogens (tertiary/aromatic N) is 1. The summed E-state index contributed by atoms with van der Waals surface area (Å²) in [5, 5.41) is -1.18. The maximum absolute atomic E-state index is 13.1. The fraction of sp³-hybridized carbons (Fsp3) is 0.278. The Kier molecular flexibility index (Phi) is 4.59. The average Bonchev–Trinajstić information content (AvgIpc) is 3.12. The van der Waals surface area contributed by atoms with Gasteiger partial charge < -0.3 is 0 Å². The van der Waals surface area contributed by atoms with Crippen molar-refractivity contribution < 1.29 is 13.2 Å². The van der Waals surface area contributed by atoms with Crippen LogP contribution in [0.3, 0.4) is 0 Å². The second-order valence-electron chi connectivity index (χ2n) is 5.67. The molecular formula is C18H19NO3S. The minimum absolute atomic E-state index is 0.372. The van der Waals surface area contributed by atoms with Crippen molar-refractivity contribution in [3.8, 4) is 0 Å². The minimum atomic E-state index is -3.72. The van der Waals surface area contributed by atoms with Gasteiger partial charge in [0.2, 0.25) is 10.0 Å². The summed E-state index contributed by atoms with van der Waals surface area (Å²) in [6.45, 7) is 0.988. The van der Waals surface area contributed by atoms with Crippen LogP contribution in [0.25, 0.3) is 0 Å². The van der Waals surface area contributed by atoms with E-state index in [0.717, 1.165) is 12.8 Å². The molecular weight excluding hydrogens is 310 g/mol. The average molecular weight is 329 g/mol. The van der Waals surface area contributed by atoms with Gasteiger partial charge in [0.15, 0.2) is 11.0 Å². The number of Topliss-reactive ketones (excluding diaryl/α,β-unsaturated/α-hetero) is 1. The van der Waals surface area contributed by atoms with Gasteiger partial charge in [0.1, 0.15) is 0 Å². The molecule has 23 heavy (non-hydrogen) atoms. The first kappa shape index (κ1) is 15.9. The lowest BCUT2D eigenvalue weighted by Gasteiger charge is -2.23. The summed E-state index contributed by atoms with van der Waals surface area (Å²) in [5.41, 5.74) is 0.942. The molecule has 1 aliphatic heterocycles. The van der Waals surface area contributed by atoms with Crippen molar-refractivity contribution in [2.75, 3.05) is 13.1 Å². The third kappa shape index (κ3) is 3.21. The van der Waals surface area contributed by atoms with E-state index in [1.54, 1.807) is 48.5 Å². The minimum Gasteiger partial charge on any atom is -0.292 e. The van der Waals surface area contributed by atoms with Crippen molar-refractivity contribution in [3.63, 3.8) is 0 Å². The molecule has 1 aliphatic rings. The van der Waals surface area contributed by atoms with E-state index in [0.29, 0.717) is 24.2 Å². The van der Waals surface area contributed by atoms with Gasteiger partial charge >= 0.3 is 0 Å². The molecule has 0 spiro atoms. The molecule has 5 heteroatoms. The van der Waals surface area contributed by atoms with E-state index in [4.69, 9.17) is 0 Å². The molecule has 1 atom stereocenters. The molecule has 0 bridgehead atoms. The van der Waals surface area contributed by atoms with Crippen LogP contribution in [0.4, 0.5) is 0 Å². The Bertz CT molecular complexity index is 766. The Hall–Kier alpha value is -1.98. The number of carbonyl (C=O) groups excluding carboxylic acids is 1. The second kappa shape index (κ2) is 6.64. The lowest BCUT2D eigenvalue weighted by atomic mass is 10.0. The Morgan fingerprint density at radius 2 is 1.39 bits per heavy atom. The molecule has 1 heterocycles. The fourth-order valence-electron chi connectivity index (χ4n) is 2.93. The van der Waals surface area contributed by atoms with E-state index >= 15 is 0 Å². The van der Waals surface area contributed by atoms with Gasteiger partial charge in [-0.2, -0.15) is 0 Å². The molecule has 1 fully saturated rings. The molecule has 2 aromatic carbocycles. The van der Waals surface area contributed by atoms with E-state index in [1.807, 2.05) is 12.1 Å². The third-order valence-corrected chi connectivity index (χ3v) is 6.29. The van der Waals surface area contributed by atoms with Crippen molar-refractivity contribution in [1.29, 1.82) is 0 Å². The summed E-state index contributed by atoms with van der Waals surface area (Å²) >= 11 is 0. The molecule has 0 aromatic heterocycles. The number of hydrogen-bond donors (Lipinski definition) is 0. The quantitative estimate of drug-likeness (QED) is 0.792. The van der Waals surface area contributed by atoms with Crippen LogP contribution in [0.5, 0.6) is 0 Å². The van der Waals surface area contributed by atoms with E-state index in [9.17, 15) is 13.2 Å². The van der Waals surface area contributed by atoms with Gasteiger partial charge in [-0.05, 0) is 18.4 Å². The van der Waals surface area contributed by atoms with Gasteiger partial charge in [0, 0.05) is 18.7 Å². The van der Waals surface area contributed by atoms with Crippen LogP contribution in [-0.4, -0.2) is 31.6 Å². The highest BCUT2D eigenvalue weighted by atomic mass is 32.2. The molecule has 2 aromatic rings. The van der Waals surface area contributed by atoms with E-state index in [2.05, 4.69) is 0 Å². The van der Waals surface area contributed by atoms with Gasteiger partial charge in [0.05, 0.1) is 0 Å². The molecule has 3 rings (SSSR count). The standard InChI is InChI=1S/C18H19NO3S/c20-17(15-9-3-1-4-10-15)18(16-11-5-2-6-12-16)23(21,22)19-13-7-8-14-19/h1-6,9-12,18H,7-8,13-14H2/t18-/m0/s1. The molecule has 4 nitrogen and oxygen atoms in total. The highest BCUT2D eigenvalue weighted by molar-refractivity contribution is 7.90. The Balaban J connectivity index is 2.06. The van der Waals surface area contributed by atoms with Gasteiger partial charge in [-0.25, -0.2) is 12.7 Å². The Morgan fingerprint density at radius 3 is 1.96 bits per heavy atom. The van der Waals surface area contributed by atoms with Crippen LogP contribution < -0.4 is 0 Å². The SMILES string of the molecule is O=C(c1ccccc1)[C@H](c1ccccc1)S(=O)(=O)N1CCCC1. The number of rotatable bonds is 5. The van der Waals surface area contributed by atoms with Crippen molar-refractivity contribution in [2.45, 2.75) is 18.1 Å². The smallest absolute Gasteiger partial charge is 0.228 e. The van der Waals surface area contributed by atoms with E-state index < -0.39 is 15.3 Å². The largest absolute Gasteiger partial charge is 0.292 e. The van der Waals surface area contributed by atoms with E-state index in [-0.39, 0.29) is 5.78 Å². The number of carbonyl (C=O) groups is 1. The maximum Gasteiger partial charge on any atom is 0.228 e. The van der Waals surface area contributed by atoms with Crippen LogP contribution in [-0.2, 0) is 10.0 Å². The predicted molar refractivity (Wildman–Crippen MR) is 89.7 cm³/mol. The topological polar surface area (TPSA) is 54.5 Å². The first-order valence-corrected chi connectivity index (χ1v) is 9.24. The van der Waals surface area contributed by atoms with Gasteiger partial charge in [-0.15, -0.1) is 0 Å².